The number of primary amides is 1. The zero-order valence-corrected chi connectivity index (χ0v) is 20.0. The maximum absolute atomic E-state index is 13.3. The Balaban J connectivity index is 1.76. The van der Waals surface area contributed by atoms with E-state index in [1.165, 1.54) is 11.0 Å². The summed E-state index contributed by atoms with van der Waals surface area (Å²) in [7, 11) is 0. The van der Waals surface area contributed by atoms with Crippen LogP contribution in [0.1, 0.15) is 25.8 Å². The van der Waals surface area contributed by atoms with Crippen LogP contribution in [0.4, 0.5) is 4.79 Å². The summed E-state index contributed by atoms with van der Waals surface area (Å²) in [5.74, 6) is -1.52. The summed E-state index contributed by atoms with van der Waals surface area (Å²) in [6, 6.07) is 4.94. The molecule has 1 aromatic carbocycles. The number of hydrogen-bond acceptors (Lipinski definition) is 4. The van der Waals surface area contributed by atoms with Gasteiger partial charge >= 0.3 is 6.03 Å². The average Bonchev–Trinajstić information content (AvgIpc) is 3.41. The molecule has 0 aliphatic carbocycles. The largest absolute Gasteiger partial charge is 0.368 e. The van der Waals surface area contributed by atoms with Gasteiger partial charge in [0.2, 0.25) is 17.7 Å². The van der Waals surface area contributed by atoms with E-state index in [2.05, 4.69) is 27.5 Å². The average molecular weight is 481 g/mol. The zero-order valence-electron chi connectivity index (χ0n) is 20.0. The van der Waals surface area contributed by atoms with Gasteiger partial charge in [0.15, 0.2) is 0 Å². The fourth-order valence-electron chi connectivity index (χ4n) is 4.17. The molecule has 186 valence electrons. The SMILES string of the molecule is C=CCNC(=O)NC1CC(C(=O)NC(Cc2c[nH]c3ccccc23)C(N)=O)N(C(=O)C=C(C)C)C1. The second kappa shape index (κ2) is 11.4. The molecule has 10 nitrogen and oxygen atoms in total. The predicted octanol–water partition coefficient (Wildman–Crippen LogP) is 1.10. The van der Waals surface area contributed by atoms with Gasteiger partial charge in [-0.1, -0.05) is 29.8 Å². The number of carbonyl (C=O) groups is 4. The van der Waals surface area contributed by atoms with E-state index >= 15 is 0 Å². The van der Waals surface area contributed by atoms with Crippen molar-refractivity contribution in [2.24, 2.45) is 5.73 Å². The topological polar surface area (TPSA) is 149 Å². The minimum absolute atomic E-state index is 0.159. The number of para-hydroxylation sites is 1. The maximum atomic E-state index is 13.3. The van der Waals surface area contributed by atoms with Gasteiger partial charge < -0.3 is 31.6 Å². The first kappa shape index (κ1) is 25.5. The van der Waals surface area contributed by atoms with Gasteiger partial charge in [-0.3, -0.25) is 14.4 Å². The minimum Gasteiger partial charge on any atom is -0.368 e. The monoisotopic (exact) mass is 480 g/mol. The number of carbonyl (C=O) groups excluding carboxylic acids is 4. The van der Waals surface area contributed by atoms with Gasteiger partial charge in [0.25, 0.3) is 0 Å². The highest BCUT2D eigenvalue weighted by atomic mass is 16.2. The van der Waals surface area contributed by atoms with Crippen molar-refractivity contribution in [2.75, 3.05) is 13.1 Å². The molecule has 35 heavy (non-hydrogen) atoms. The molecular weight excluding hydrogens is 448 g/mol. The van der Waals surface area contributed by atoms with Crippen molar-refractivity contribution in [1.29, 1.82) is 0 Å². The first-order valence-electron chi connectivity index (χ1n) is 11.4. The van der Waals surface area contributed by atoms with E-state index in [1.807, 2.05) is 24.3 Å². The Bertz CT molecular complexity index is 1150. The molecule has 3 rings (SSSR count). The standard InChI is InChI=1S/C25H32N6O4/c1-4-9-27-25(35)29-17-12-21(31(14-17)22(32)10-15(2)3)24(34)30-20(23(26)33)11-16-13-28-19-8-6-5-7-18(16)19/h4-8,10,13,17,20-21,28H,1,9,11-12,14H2,2-3H3,(H2,26,33)(H,30,34)(H2,27,29,35). The van der Waals surface area contributed by atoms with Crippen LogP contribution in [0.2, 0.25) is 0 Å². The molecule has 0 radical (unpaired) electrons. The molecule has 0 saturated carbocycles. The summed E-state index contributed by atoms with van der Waals surface area (Å²) >= 11 is 0. The second-order valence-corrected chi connectivity index (χ2v) is 8.83. The lowest BCUT2D eigenvalue weighted by molar-refractivity contribution is -0.136. The first-order chi connectivity index (χ1) is 16.7. The number of aromatic nitrogens is 1. The lowest BCUT2D eigenvalue weighted by Gasteiger charge is -2.25. The van der Waals surface area contributed by atoms with Crippen LogP contribution < -0.4 is 21.7 Å². The molecule has 1 aliphatic heterocycles. The highest BCUT2D eigenvalue weighted by molar-refractivity contribution is 5.96. The number of nitrogens with one attached hydrogen (secondary N) is 4. The normalized spacial score (nSPS) is 17.9. The Hall–Kier alpha value is -4.08. The molecule has 2 aromatic rings. The third-order valence-electron chi connectivity index (χ3n) is 5.80. The highest BCUT2D eigenvalue weighted by Crippen LogP contribution is 2.21. The number of amides is 5. The predicted molar refractivity (Wildman–Crippen MR) is 133 cm³/mol. The number of fused-ring (bicyclic) bond motifs is 1. The fourth-order valence-corrected chi connectivity index (χ4v) is 4.17. The molecule has 0 spiro atoms. The molecule has 2 heterocycles. The van der Waals surface area contributed by atoms with Gasteiger partial charge in [0.05, 0.1) is 6.04 Å². The van der Waals surface area contributed by atoms with Crippen molar-refractivity contribution >= 4 is 34.7 Å². The van der Waals surface area contributed by atoms with Gasteiger partial charge in [-0.15, -0.1) is 6.58 Å². The Morgan fingerprint density at radius 1 is 1.26 bits per heavy atom. The summed E-state index contributed by atoms with van der Waals surface area (Å²) < 4.78 is 0. The number of rotatable bonds is 9. The van der Waals surface area contributed by atoms with Crippen LogP contribution in [0.15, 0.2) is 54.8 Å². The van der Waals surface area contributed by atoms with E-state index in [1.54, 1.807) is 26.1 Å². The lowest BCUT2D eigenvalue weighted by Crippen LogP contribution is -2.52. The van der Waals surface area contributed by atoms with Crippen LogP contribution in [-0.2, 0) is 20.8 Å². The summed E-state index contributed by atoms with van der Waals surface area (Å²) in [5.41, 5.74) is 8.15. The van der Waals surface area contributed by atoms with Crippen LogP contribution in [0, 0.1) is 0 Å². The van der Waals surface area contributed by atoms with E-state index in [4.69, 9.17) is 5.73 Å². The quantitative estimate of drug-likeness (QED) is 0.270. The number of urea groups is 1. The van der Waals surface area contributed by atoms with E-state index in [0.717, 1.165) is 22.0 Å². The third-order valence-corrected chi connectivity index (χ3v) is 5.80. The third kappa shape index (κ3) is 6.50. The molecule has 0 bridgehead atoms. The Labute approximate surface area is 204 Å². The van der Waals surface area contributed by atoms with E-state index in [0.29, 0.717) is 0 Å². The van der Waals surface area contributed by atoms with Crippen molar-refractivity contribution in [1.82, 2.24) is 25.8 Å². The van der Waals surface area contributed by atoms with Crippen LogP contribution in [0.3, 0.4) is 0 Å². The molecule has 6 N–H and O–H groups in total. The zero-order chi connectivity index (χ0) is 25.5. The number of hydrogen-bond donors (Lipinski definition) is 5. The number of nitrogens with zero attached hydrogens (tertiary/aromatic N) is 1. The number of H-pyrrole nitrogens is 1. The van der Waals surface area contributed by atoms with Gasteiger partial charge in [-0.25, -0.2) is 4.79 Å². The molecule has 3 unspecified atom stereocenters. The Kier molecular flexibility index (Phi) is 8.30. The highest BCUT2D eigenvalue weighted by Gasteiger charge is 2.40. The molecule has 1 aromatic heterocycles. The van der Waals surface area contributed by atoms with Crippen molar-refractivity contribution in [3.05, 3.63) is 60.3 Å². The van der Waals surface area contributed by atoms with E-state index in [-0.39, 0.29) is 31.8 Å². The van der Waals surface area contributed by atoms with Gasteiger partial charge in [0, 0.05) is 42.7 Å². The Morgan fingerprint density at radius 3 is 2.69 bits per heavy atom. The number of benzene rings is 1. The number of aromatic amines is 1. The fraction of sp³-hybridized carbons (Fsp3) is 0.360. The first-order valence-corrected chi connectivity index (χ1v) is 11.4. The summed E-state index contributed by atoms with van der Waals surface area (Å²) in [5, 5.41) is 9.06. The van der Waals surface area contributed by atoms with E-state index in [9.17, 15) is 19.2 Å². The minimum atomic E-state index is -0.968. The molecular formula is C25H32N6O4. The van der Waals surface area contributed by atoms with Crippen LogP contribution >= 0.6 is 0 Å². The number of nitrogens with two attached hydrogens (primary N) is 1. The molecule has 1 fully saturated rings. The number of allylic oxidation sites excluding steroid dienone is 1. The van der Waals surface area contributed by atoms with Crippen molar-refractivity contribution in [2.45, 2.75) is 44.8 Å². The van der Waals surface area contributed by atoms with Crippen molar-refractivity contribution < 1.29 is 19.2 Å². The summed E-state index contributed by atoms with van der Waals surface area (Å²) in [6.07, 6.45) is 5.18. The van der Waals surface area contributed by atoms with Crippen LogP contribution in [0.25, 0.3) is 10.9 Å². The number of likely N-dealkylation sites (tertiary alicyclic amines) is 1. The smallest absolute Gasteiger partial charge is 0.315 e. The summed E-state index contributed by atoms with van der Waals surface area (Å²) in [4.78, 5) is 55.0. The maximum Gasteiger partial charge on any atom is 0.315 e. The summed E-state index contributed by atoms with van der Waals surface area (Å²) in [6.45, 7) is 7.57. The van der Waals surface area contributed by atoms with Gasteiger partial charge in [0.1, 0.15) is 12.1 Å². The second-order valence-electron chi connectivity index (χ2n) is 8.83. The molecule has 1 saturated heterocycles. The van der Waals surface area contributed by atoms with Crippen LogP contribution in [-0.4, -0.2) is 64.9 Å². The van der Waals surface area contributed by atoms with E-state index < -0.39 is 36.0 Å². The molecule has 5 amide bonds. The van der Waals surface area contributed by atoms with Gasteiger partial charge in [-0.2, -0.15) is 0 Å². The van der Waals surface area contributed by atoms with Gasteiger partial charge in [-0.05, 0) is 31.9 Å². The Morgan fingerprint density at radius 2 is 2.00 bits per heavy atom. The molecule has 1 aliphatic rings. The molecule has 3 atom stereocenters. The molecule has 10 heteroatoms. The lowest BCUT2D eigenvalue weighted by atomic mass is 10.0. The van der Waals surface area contributed by atoms with Crippen molar-refractivity contribution in [3.8, 4) is 0 Å². The van der Waals surface area contributed by atoms with Crippen LogP contribution in [0.5, 0.6) is 0 Å². The van der Waals surface area contributed by atoms with Crippen molar-refractivity contribution in [3.63, 3.8) is 0 Å².